The highest BCUT2D eigenvalue weighted by Gasteiger charge is 2.20. The minimum absolute atomic E-state index is 0.00533. The maximum atomic E-state index is 12.5. The minimum atomic E-state index is -3.78. The fourth-order valence-electron chi connectivity index (χ4n) is 2.17. The second-order valence-electron chi connectivity index (χ2n) is 5.14. The highest BCUT2D eigenvalue weighted by Crippen LogP contribution is 2.20. The molecule has 2 rings (SSSR count). The Balaban J connectivity index is 2.22. The highest BCUT2D eigenvalue weighted by atomic mass is 32.2. The van der Waals surface area contributed by atoms with Crippen molar-refractivity contribution in [1.82, 2.24) is 4.72 Å². The zero-order valence-electron chi connectivity index (χ0n) is 13.6. The largest absolute Gasteiger partial charge is 0.497 e. The zero-order valence-corrected chi connectivity index (χ0v) is 14.5. The molecule has 0 bridgehead atoms. The van der Waals surface area contributed by atoms with Gasteiger partial charge in [0.1, 0.15) is 5.75 Å². The fraction of sp³-hybridized carbons (Fsp3) is 0.235. The summed E-state index contributed by atoms with van der Waals surface area (Å²) in [5.41, 5.74) is 0.973. The fourth-order valence-corrected chi connectivity index (χ4v) is 3.45. The third-order valence-corrected chi connectivity index (χ3v) is 5.05. The van der Waals surface area contributed by atoms with Gasteiger partial charge in [-0.15, -0.1) is 0 Å². The van der Waals surface area contributed by atoms with Gasteiger partial charge in [-0.05, 0) is 42.8 Å². The standard InChI is InChI=1S/C17H19NO5S/c1-12(13-7-9-15(22-2)10-8-13)18-24(20,21)16-6-4-5-14(11-16)17(19)23-3/h4-12,18H,1-3H3/t12-/m0/s1. The number of hydrogen-bond acceptors (Lipinski definition) is 5. The van der Waals surface area contributed by atoms with Gasteiger partial charge in [-0.1, -0.05) is 18.2 Å². The molecule has 0 fully saturated rings. The van der Waals surface area contributed by atoms with Crippen LogP contribution in [0.1, 0.15) is 28.9 Å². The first-order valence-corrected chi connectivity index (χ1v) is 8.70. The van der Waals surface area contributed by atoms with E-state index in [1.165, 1.54) is 31.4 Å². The second kappa shape index (κ2) is 7.46. The highest BCUT2D eigenvalue weighted by molar-refractivity contribution is 7.89. The van der Waals surface area contributed by atoms with Crippen LogP contribution in [0.4, 0.5) is 0 Å². The first-order chi connectivity index (χ1) is 11.4. The Morgan fingerprint density at radius 1 is 1.08 bits per heavy atom. The van der Waals surface area contributed by atoms with Gasteiger partial charge in [-0.25, -0.2) is 17.9 Å². The Kier molecular flexibility index (Phi) is 5.58. The Morgan fingerprint density at radius 3 is 2.33 bits per heavy atom. The summed E-state index contributed by atoms with van der Waals surface area (Å²) in [6.45, 7) is 1.74. The van der Waals surface area contributed by atoms with Gasteiger partial charge in [0.15, 0.2) is 0 Å². The summed E-state index contributed by atoms with van der Waals surface area (Å²) in [5.74, 6) is 0.106. The van der Waals surface area contributed by atoms with E-state index in [1.54, 1.807) is 38.3 Å². The van der Waals surface area contributed by atoms with Crippen LogP contribution in [0.2, 0.25) is 0 Å². The van der Waals surface area contributed by atoms with Crippen molar-refractivity contribution in [1.29, 1.82) is 0 Å². The summed E-state index contributed by atoms with van der Waals surface area (Å²) in [7, 11) is -0.968. The average Bonchev–Trinajstić information content (AvgIpc) is 2.60. The van der Waals surface area contributed by atoms with Crippen molar-refractivity contribution in [3.05, 3.63) is 59.7 Å². The van der Waals surface area contributed by atoms with Gasteiger partial charge in [0, 0.05) is 6.04 Å². The van der Waals surface area contributed by atoms with Crippen LogP contribution in [0.15, 0.2) is 53.4 Å². The van der Waals surface area contributed by atoms with Crippen LogP contribution < -0.4 is 9.46 Å². The lowest BCUT2D eigenvalue weighted by Crippen LogP contribution is -2.27. The molecule has 0 saturated heterocycles. The predicted molar refractivity (Wildman–Crippen MR) is 89.5 cm³/mol. The van der Waals surface area contributed by atoms with Gasteiger partial charge in [-0.3, -0.25) is 0 Å². The van der Waals surface area contributed by atoms with Gasteiger partial charge >= 0.3 is 5.97 Å². The van der Waals surface area contributed by atoms with Crippen molar-refractivity contribution < 1.29 is 22.7 Å². The number of methoxy groups -OCH3 is 2. The summed E-state index contributed by atoms with van der Waals surface area (Å²) >= 11 is 0. The van der Waals surface area contributed by atoms with Crippen molar-refractivity contribution in [3.8, 4) is 5.75 Å². The van der Waals surface area contributed by atoms with Crippen LogP contribution >= 0.6 is 0 Å². The summed E-state index contributed by atoms with van der Waals surface area (Å²) in [6.07, 6.45) is 0. The number of carbonyl (C=O) groups excluding carboxylic acids is 1. The smallest absolute Gasteiger partial charge is 0.337 e. The number of rotatable bonds is 6. The molecule has 0 aliphatic rings. The van der Waals surface area contributed by atoms with E-state index in [2.05, 4.69) is 9.46 Å². The molecule has 1 atom stereocenters. The van der Waals surface area contributed by atoms with Crippen molar-refractivity contribution in [2.45, 2.75) is 17.9 Å². The molecule has 0 unspecified atom stereocenters. The molecule has 0 aliphatic carbocycles. The molecule has 7 heteroatoms. The molecule has 24 heavy (non-hydrogen) atoms. The summed E-state index contributed by atoms with van der Waals surface area (Å²) in [4.78, 5) is 11.6. The number of benzene rings is 2. The second-order valence-corrected chi connectivity index (χ2v) is 6.85. The quantitative estimate of drug-likeness (QED) is 0.811. The molecule has 0 aromatic heterocycles. The van der Waals surface area contributed by atoms with E-state index < -0.39 is 22.0 Å². The topological polar surface area (TPSA) is 81.7 Å². The first-order valence-electron chi connectivity index (χ1n) is 7.22. The molecule has 2 aromatic carbocycles. The number of carbonyl (C=O) groups is 1. The number of hydrogen-bond donors (Lipinski definition) is 1. The summed E-state index contributed by atoms with van der Waals surface area (Å²) in [5, 5.41) is 0. The predicted octanol–water partition coefficient (Wildman–Crippen LogP) is 2.52. The molecule has 0 amide bonds. The van der Waals surface area contributed by atoms with E-state index in [-0.39, 0.29) is 10.5 Å². The molecule has 6 nitrogen and oxygen atoms in total. The summed E-state index contributed by atoms with van der Waals surface area (Å²) in [6, 6.07) is 12.4. The van der Waals surface area contributed by atoms with E-state index >= 15 is 0 Å². The van der Waals surface area contributed by atoms with Gasteiger partial charge in [-0.2, -0.15) is 0 Å². The third kappa shape index (κ3) is 4.12. The minimum Gasteiger partial charge on any atom is -0.497 e. The number of sulfonamides is 1. The molecule has 0 radical (unpaired) electrons. The van der Waals surface area contributed by atoms with Crippen LogP contribution in [-0.4, -0.2) is 28.6 Å². The first kappa shape index (κ1) is 18.0. The van der Waals surface area contributed by atoms with Crippen molar-refractivity contribution in [2.24, 2.45) is 0 Å². The van der Waals surface area contributed by atoms with Crippen LogP contribution in [0.25, 0.3) is 0 Å². The van der Waals surface area contributed by atoms with E-state index in [9.17, 15) is 13.2 Å². The number of ether oxygens (including phenoxy) is 2. The Labute approximate surface area is 141 Å². The van der Waals surface area contributed by atoms with Crippen molar-refractivity contribution in [2.75, 3.05) is 14.2 Å². The van der Waals surface area contributed by atoms with Gasteiger partial charge < -0.3 is 9.47 Å². The maximum Gasteiger partial charge on any atom is 0.337 e. The van der Waals surface area contributed by atoms with Gasteiger partial charge in [0.25, 0.3) is 0 Å². The Bertz CT molecular complexity index is 815. The number of esters is 1. The average molecular weight is 349 g/mol. The lowest BCUT2D eigenvalue weighted by Gasteiger charge is -2.15. The van der Waals surface area contributed by atoms with Crippen LogP contribution in [0.5, 0.6) is 5.75 Å². The Morgan fingerprint density at radius 2 is 1.75 bits per heavy atom. The number of nitrogens with one attached hydrogen (secondary N) is 1. The van der Waals surface area contributed by atoms with Crippen LogP contribution in [0.3, 0.4) is 0 Å². The summed E-state index contributed by atoms with van der Waals surface area (Å²) < 4.78 is 37.3. The lowest BCUT2D eigenvalue weighted by atomic mass is 10.1. The molecule has 0 aliphatic heterocycles. The molecule has 2 aromatic rings. The zero-order chi connectivity index (χ0) is 17.7. The molecule has 0 heterocycles. The molecular formula is C17H19NO5S. The van der Waals surface area contributed by atoms with Crippen molar-refractivity contribution >= 4 is 16.0 Å². The Hall–Kier alpha value is -2.38. The molecular weight excluding hydrogens is 330 g/mol. The van der Waals surface area contributed by atoms with E-state index in [0.717, 1.165) is 5.56 Å². The van der Waals surface area contributed by atoms with Crippen LogP contribution in [-0.2, 0) is 14.8 Å². The SMILES string of the molecule is COC(=O)c1cccc(S(=O)(=O)N[C@@H](C)c2ccc(OC)cc2)c1. The van der Waals surface area contributed by atoms with Crippen LogP contribution in [0, 0.1) is 0 Å². The molecule has 0 saturated carbocycles. The van der Waals surface area contributed by atoms with Gasteiger partial charge in [0.05, 0.1) is 24.7 Å². The van der Waals surface area contributed by atoms with E-state index in [1.807, 2.05) is 0 Å². The van der Waals surface area contributed by atoms with E-state index in [0.29, 0.717) is 5.75 Å². The molecule has 0 spiro atoms. The monoisotopic (exact) mass is 349 g/mol. The van der Waals surface area contributed by atoms with E-state index in [4.69, 9.17) is 4.74 Å². The van der Waals surface area contributed by atoms with Gasteiger partial charge in [0.2, 0.25) is 10.0 Å². The maximum absolute atomic E-state index is 12.5. The molecule has 1 N–H and O–H groups in total. The van der Waals surface area contributed by atoms with Crippen molar-refractivity contribution in [3.63, 3.8) is 0 Å². The third-order valence-electron chi connectivity index (χ3n) is 3.51. The normalized spacial score (nSPS) is 12.5. The lowest BCUT2D eigenvalue weighted by molar-refractivity contribution is 0.0600. The molecule has 128 valence electrons.